The summed E-state index contributed by atoms with van der Waals surface area (Å²) < 4.78 is 22.9. The first-order chi connectivity index (χ1) is 42.6. The van der Waals surface area contributed by atoms with Crippen LogP contribution in [0.1, 0.15) is 303 Å². The summed E-state index contributed by atoms with van der Waals surface area (Å²) in [6.45, 7) is 2.73. The van der Waals surface area contributed by atoms with Crippen LogP contribution in [-0.2, 0) is 23.7 Å². The van der Waals surface area contributed by atoms with Crippen molar-refractivity contribution >= 4 is 5.91 Å². The molecular weight excluding hydrogens is 1100 g/mol. The topological polar surface area (TPSA) is 228 Å². The zero-order chi connectivity index (χ0) is 63.1. The average molecular weight is 1230 g/mol. The largest absolute Gasteiger partial charge is 0.394 e. The molecule has 0 aromatic carbocycles. The van der Waals surface area contributed by atoms with Crippen LogP contribution in [0.15, 0.2) is 60.8 Å². The molecule has 1 amide bonds. The molecule has 508 valence electrons. The molecule has 0 aromatic heterocycles. The number of nitrogens with one attached hydrogen (secondary N) is 1. The van der Waals surface area contributed by atoms with Crippen molar-refractivity contribution in [2.24, 2.45) is 0 Å². The van der Waals surface area contributed by atoms with Crippen LogP contribution in [0.2, 0.25) is 0 Å². The molecule has 0 aromatic rings. The van der Waals surface area contributed by atoms with Crippen molar-refractivity contribution in [1.82, 2.24) is 5.32 Å². The SMILES string of the molecule is CC/C=C\C/C=C\C/C=C\C/C=C\CCCCCCCCCCCCCCCCCCCCC(=O)NC(COC1OC(CO)C(OC2OC(CO)C(O)C(O)C2O)C(O)C1O)C(O)/C=C/CCCCCCCCCCCCCCCCCCCCCC. The molecule has 2 saturated heterocycles. The number of ether oxygens (including phenoxy) is 4. The number of carbonyl (C=O) groups excluding carboxylic acids is 1. The van der Waals surface area contributed by atoms with E-state index in [1.165, 1.54) is 212 Å². The predicted octanol–water partition coefficient (Wildman–Crippen LogP) is 14.8. The fourth-order valence-electron chi connectivity index (χ4n) is 11.8. The number of carbonyl (C=O) groups is 1. The molecule has 0 saturated carbocycles. The molecule has 2 aliphatic rings. The molecule has 0 radical (unpaired) electrons. The summed E-state index contributed by atoms with van der Waals surface area (Å²) in [5.41, 5.74) is 0. The lowest BCUT2D eigenvalue weighted by atomic mass is 9.97. The van der Waals surface area contributed by atoms with Gasteiger partial charge in [-0.3, -0.25) is 4.79 Å². The van der Waals surface area contributed by atoms with Crippen LogP contribution in [0.25, 0.3) is 0 Å². The second-order valence-electron chi connectivity index (χ2n) is 25.3. The van der Waals surface area contributed by atoms with Gasteiger partial charge >= 0.3 is 0 Å². The van der Waals surface area contributed by atoms with Crippen LogP contribution >= 0.6 is 0 Å². The molecule has 2 aliphatic heterocycles. The smallest absolute Gasteiger partial charge is 0.220 e. The minimum absolute atomic E-state index is 0.235. The van der Waals surface area contributed by atoms with E-state index < -0.39 is 86.8 Å². The summed E-state index contributed by atoms with van der Waals surface area (Å²) in [4.78, 5) is 13.3. The van der Waals surface area contributed by atoms with E-state index in [9.17, 15) is 45.6 Å². The number of aliphatic hydroxyl groups excluding tert-OH is 8. The van der Waals surface area contributed by atoms with E-state index in [1.54, 1.807) is 6.08 Å². The molecular formula is C73H133NO13. The Kier molecular flexibility index (Phi) is 53.5. The third kappa shape index (κ3) is 41.7. The minimum Gasteiger partial charge on any atom is -0.394 e. The van der Waals surface area contributed by atoms with Crippen molar-refractivity contribution in [3.8, 4) is 0 Å². The Balaban J connectivity index is 1.65. The van der Waals surface area contributed by atoms with Crippen LogP contribution in [0.5, 0.6) is 0 Å². The highest BCUT2D eigenvalue weighted by atomic mass is 16.7. The number of amides is 1. The molecule has 9 N–H and O–H groups in total. The zero-order valence-electron chi connectivity index (χ0n) is 55.3. The van der Waals surface area contributed by atoms with Gasteiger partial charge in [0, 0.05) is 6.42 Å². The maximum absolute atomic E-state index is 13.3. The summed E-state index contributed by atoms with van der Waals surface area (Å²) in [5, 5.41) is 87.5. The monoisotopic (exact) mass is 1230 g/mol. The fraction of sp³-hybridized carbons (Fsp3) is 0.849. The molecule has 2 heterocycles. The second-order valence-corrected chi connectivity index (χ2v) is 25.3. The van der Waals surface area contributed by atoms with Gasteiger partial charge in [-0.05, 0) is 57.8 Å². The number of aliphatic hydroxyl groups is 8. The molecule has 2 fully saturated rings. The van der Waals surface area contributed by atoms with Crippen molar-refractivity contribution in [1.29, 1.82) is 0 Å². The van der Waals surface area contributed by atoms with Gasteiger partial charge in [0.15, 0.2) is 12.6 Å². The molecule has 14 heteroatoms. The lowest BCUT2D eigenvalue weighted by molar-refractivity contribution is -0.359. The molecule has 12 unspecified atom stereocenters. The summed E-state index contributed by atoms with van der Waals surface area (Å²) in [7, 11) is 0. The van der Waals surface area contributed by atoms with Crippen molar-refractivity contribution in [2.75, 3.05) is 19.8 Å². The normalized spacial score (nSPS) is 23.6. The van der Waals surface area contributed by atoms with Crippen molar-refractivity contribution in [3.63, 3.8) is 0 Å². The van der Waals surface area contributed by atoms with Gasteiger partial charge in [0.05, 0.1) is 32.0 Å². The van der Waals surface area contributed by atoms with Crippen LogP contribution in [-0.4, -0.2) is 140 Å². The van der Waals surface area contributed by atoms with Crippen molar-refractivity contribution in [2.45, 2.75) is 376 Å². The number of unbranched alkanes of at least 4 members (excludes halogenated alkanes) is 38. The lowest BCUT2D eigenvalue weighted by Gasteiger charge is -2.46. The highest BCUT2D eigenvalue weighted by molar-refractivity contribution is 5.76. The molecule has 0 aliphatic carbocycles. The number of hydrogen-bond acceptors (Lipinski definition) is 13. The Morgan fingerprint density at radius 1 is 0.425 bits per heavy atom. The van der Waals surface area contributed by atoms with Gasteiger partial charge < -0.3 is 65.1 Å². The van der Waals surface area contributed by atoms with E-state index in [1.807, 2.05) is 6.08 Å². The molecule has 2 rings (SSSR count). The second kappa shape index (κ2) is 57.6. The first-order valence-electron chi connectivity index (χ1n) is 36.0. The summed E-state index contributed by atoms with van der Waals surface area (Å²) in [6, 6.07) is -0.916. The van der Waals surface area contributed by atoms with E-state index >= 15 is 0 Å². The van der Waals surface area contributed by atoms with E-state index in [4.69, 9.17) is 18.9 Å². The van der Waals surface area contributed by atoms with Gasteiger partial charge in [-0.1, -0.05) is 299 Å². The molecule has 87 heavy (non-hydrogen) atoms. The third-order valence-corrected chi connectivity index (χ3v) is 17.5. The Morgan fingerprint density at radius 3 is 1.22 bits per heavy atom. The Labute approximate surface area is 530 Å². The van der Waals surface area contributed by atoms with Crippen LogP contribution in [0.3, 0.4) is 0 Å². The minimum atomic E-state index is -1.79. The van der Waals surface area contributed by atoms with E-state index in [2.05, 4.69) is 67.8 Å². The fourth-order valence-corrected chi connectivity index (χ4v) is 11.8. The van der Waals surface area contributed by atoms with Crippen LogP contribution in [0, 0.1) is 0 Å². The average Bonchev–Trinajstić information content (AvgIpc) is 2.33. The van der Waals surface area contributed by atoms with Gasteiger partial charge in [-0.2, -0.15) is 0 Å². The quantitative estimate of drug-likeness (QED) is 0.0204. The van der Waals surface area contributed by atoms with Crippen LogP contribution < -0.4 is 5.32 Å². The highest BCUT2D eigenvalue weighted by Crippen LogP contribution is 2.30. The highest BCUT2D eigenvalue weighted by Gasteiger charge is 2.51. The van der Waals surface area contributed by atoms with Gasteiger partial charge in [-0.25, -0.2) is 0 Å². The van der Waals surface area contributed by atoms with Gasteiger partial charge in [0.25, 0.3) is 0 Å². The lowest BCUT2D eigenvalue weighted by Crippen LogP contribution is -2.65. The molecule has 0 spiro atoms. The van der Waals surface area contributed by atoms with E-state index in [-0.39, 0.29) is 18.9 Å². The maximum Gasteiger partial charge on any atom is 0.220 e. The van der Waals surface area contributed by atoms with Gasteiger partial charge in [-0.15, -0.1) is 0 Å². The van der Waals surface area contributed by atoms with Gasteiger partial charge in [0.1, 0.15) is 48.8 Å². The molecule has 0 bridgehead atoms. The van der Waals surface area contributed by atoms with E-state index in [0.717, 1.165) is 64.2 Å². The summed E-state index contributed by atoms with van der Waals surface area (Å²) in [5.74, 6) is -0.235. The molecule has 12 atom stereocenters. The third-order valence-electron chi connectivity index (χ3n) is 17.5. The standard InChI is InChI=1S/C73H133NO13/c1-3-5-7-9-11-13-15-17-19-21-23-25-27-28-29-30-31-32-33-34-35-37-39-41-43-45-47-49-51-53-55-57-65(78)74-61(60-84-72-70(83)68(81)71(64(59-76)86-72)87-73-69(82)67(80)66(79)63(58-75)85-73)62(77)56-54-52-50-48-46-44-42-40-38-36-26-24-22-20-18-16-14-12-10-8-6-4-2/h5,7,11,13,17,19,23,25,54,56,61-64,66-73,75-77,79-83H,3-4,6,8-10,12,14-16,18,20-22,24,26-53,55,57-60H2,1-2H3,(H,74,78)/b7-5-,13-11-,19-17-,25-23-,56-54+. The van der Waals surface area contributed by atoms with E-state index in [0.29, 0.717) is 6.42 Å². The Bertz CT molecular complexity index is 1690. The Morgan fingerprint density at radius 2 is 0.793 bits per heavy atom. The molecule has 14 nitrogen and oxygen atoms in total. The maximum atomic E-state index is 13.3. The van der Waals surface area contributed by atoms with Crippen LogP contribution in [0.4, 0.5) is 0 Å². The predicted molar refractivity (Wildman–Crippen MR) is 355 cm³/mol. The van der Waals surface area contributed by atoms with Crippen molar-refractivity contribution in [3.05, 3.63) is 60.8 Å². The van der Waals surface area contributed by atoms with Crippen molar-refractivity contribution < 1.29 is 64.6 Å². The zero-order valence-corrected chi connectivity index (χ0v) is 55.3. The number of hydrogen-bond donors (Lipinski definition) is 9. The summed E-state index contributed by atoms with van der Waals surface area (Å²) >= 11 is 0. The van der Waals surface area contributed by atoms with Gasteiger partial charge in [0.2, 0.25) is 5.91 Å². The summed E-state index contributed by atoms with van der Waals surface area (Å²) in [6.07, 6.45) is 59.9. The first kappa shape index (κ1) is 80.8. The number of allylic oxidation sites excluding steroid dienone is 9. The first-order valence-corrected chi connectivity index (χ1v) is 36.0. The Hall–Kier alpha value is -2.31. The number of rotatable bonds is 59.